The smallest absolute Gasteiger partial charge is 0.217 e. The summed E-state index contributed by atoms with van der Waals surface area (Å²) in [5, 5.41) is 0. The van der Waals surface area contributed by atoms with Gasteiger partial charge in [-0.3, -0.25) is 0 Å². The fraction of sp³-hybridized carbons (Fsp3) is 0.889. The summed E-state index contributed by atoms with van der Waals surface area (Å²) in [6.45, 7) is 8.93. The molecule has 1 aliphatic carbocycles. The molecule has 0 saturated heterocycles. The van der Waals surface area contributed by atoms with Crippen LogP contribution in [0.15, 0.2) is 0 Å². The summed E-state index contributed by atoms with van der Waals surface area (Å²) in [5.41, 5.74) is -0.946. The topological polar surface area (TPSA) is 4.36 Å². The van der Waals surface area contributed by atoms with Crippen LogP contribution in [0, 0.1) is 12.5 Å². The molecule has 1 aliphatic rings. The molecule has 0 unspecified atom stereocenters. The molecule has 62 valence electrons. The summed E-state index contributed by atoms with van der Waals surface area (Å²) in [6.07, 6.45) is 3.09. The highest BCUT2D eigenvalue weighted by Gasteiger charge is 2.31. The second-order valence-corrected chi connectivity index (χ2v) is 3.70. The highest BCUT2D eigenvalue weighted by Crippen LogP contribution is 2.34. The summed E-state index contributed by atoms with van der Waals surface area (Å²) < 4.78 is 13.2. The van der Waals surface area contributed by atoms with Crippen molar-refractivity contribution in [2.75, 3.05) is 6.54 Å². The zero-order chi connectivity index (χ0) is 8.32. The molecule has 0 aliphatic heterocycles. The lowest BCUT2D eigenvalue weighted by atomic mass is 9.81. The number of rotatable bonds is 1. The summed E-state index contributed by atoms with van der Waals surface area (Å²) in [4.78, 5) is 3.33. The average Bonchev–Trinajstić information content (AvgIpc) is 1.94. The minimum Gasteiger partial charge on any atom is -0.317 e. The van der Waals surface area contributed by atoms with Crippen molar-refractivity contribution < 1.29 is 4.39 Å². The lowest BCUT2D eigenvalue weighted by Crippen LogP contribution is -2.26. The van der Waals surface area contributed by atoms with Crippen LogP contribution in [0.3, 0.4) is 0 Å². The molecule has 0 aromatic rings. The first kappa shape index (κ1) is 8.52. The highest BCUT2D eigenvalue weighted by atomic mass is 19.1. The third-order valence-corrected chi connectivity index (χ3v) is 2.50. The molecular formula is C9H14FN. The van der Waals surface area contributed by atoms with Crippen LogP contribution >= 0.6 is 0 Å². The number of halogens is 1. The van der Waals surface area contributed by atoms with E-state index in [4.69, 9.17) is 6.57 Å². The first-order valence-electron chi connectivity index (χ1n) is 4.16. The molecule has 1 fully saturated rings. The Balaban J connectivity index is 2.32. The van der Waals surface area contributed by atoms with Gasteiger partial charge in [0.2, 0.25) is 6.54 Å². The van der Waals surface area contributed by atoms with Gasteiger partial charge in [-0.05, 0) is 32.6 Å². The number of alkyl halides is 1. The largest absolute Gasteiger partial charge is 0.317 e. The minimum atomic E-state index is -0.946. The van der Waals surface area contributed by atoms with Crippen LogP contribution in [-0.4, -0.2) is 12.2 Å². The molecule has 0 spiro atoms. The summed E-state index contributed by atoms with van der Waals surface area (Å²) >= 11 is 0. The molecule has 1 rings (SSSR count). The number of hydrogen-bond acceptors (Lipinski definition) is 0. The van der Waals surface area contributed by atoms with Crippen LogP contribution in [0.5, 0.6) is 0 Å². The Morgan fingerprint density at radius 3 is 2.55 bits per heavy atom. The van der Waals surface area contributed by atoms with E-state index in [-0.39, 0.29) is 0 Å². The van der Waals surface area contributed by atoms with Crippen LogP contribution in [0.1, 0.15) is 32.6 Å². The van der Waals surface area contributed by atoms with Gasteiger partial charge >= 0.3 is 0 Å². The van der Waals surface area contributed by atoms with E-state index >= 15 is 0 Å². The van der Waals surface area contributed by atoms with Crippen molar-refractivity contribution in [2.45, 2.75) is 38.3 Å². The Hall–Kier alpha value is -0.580. The van der Waals surface area contributed by atoms with E-state index < -0.39 is 5.67 Å². The monoisotopic (exact) mass is 155 g/mol. The van der Waals surface area contributed by atoms with Gasteiger partial charge < -0.3 is 4.85 Å². The maximum atomic E-state index is 13.2. The van der Waals surface area contributed by atoms with Crippen molar-refractivity contribution in [3.05, 3.63) is 11.4 Å². The molecule has 0 amide bonds. The first-order chi connectivity index (χ1) is 5.14. The minimum absolute atomic E-state index is 0.469. The van der Waals surface area contributed by atoms with E-state index in [9.17, 15) is 4.39 Å². The standard InChI is InChI=1S/C9H14FN/c1-9(10)5-3-8(4-6-9)7-11-2/h8H,3-7H2,1H3. The van der Waals surface area contributed by atoms with Crippen molar-refractivity contribution in [1.82, 2.24) is 0 Å². The maximum Gasteiger partial charge on any atom is 0.217 e. The zero-order valence-corrected chi connectivity index (χ0v) is 6.94. The van der Waals surface area contributed by atoms with Gasteiger partial charge in [-0.1, -0.05) is 0 Å². The van der Waals surface area contributed by atoms with Gasteiger partial charge in [0.05, 0.1) is 0 Å². The summed E-state index contributed by atoms with van der Waals surface area (Å²) in [5.74, 6) is 0.469. The molecule has 1 saturated carbocycles. The van der Waals surface area contributed by atoms with Gasteiger partial charge in [-0.2, -0.15) is 0 Å². The number of hydrogen-bond donors (Lipinski definition) is 0. The Morgan fingerprint density at radius 1 is 1.55 bits per heavy atom. The lowest BCUT2D eigenvalue weighted by molar-refractivity contribution is 0.107. The molecule has 11 heavy (non-hydrogen) atoms. The highest BCUT2D eigenvalue weighted by molar-refractivity contribution is 4.84. The third kappa shape index (κ3) is 2.49. The second-order valence-electron chi connectivity index (χ2n) is 3.70. The predicted molar refractivity (Wildman–Crippen MR) is 42.9 cm³/mol. The maximum absolute atomic E-state index is 13.2. The molecule has 0 aromatic heterocycles. The van der Waals surface area contributed by atoms with Gasteiger partial charge in [0.15, 0.2) is 0 Å². The molecule has 0 atom stereocenters. The van der Waals surface area contributed by atoms with Crippen LogP contribution < -0.4 is 0 Å². The normalized spacial score (nSPS) is 38.1. The Morgan fingerprint density at radius 2 is 2.09 bits per heavy atom. The molecular weight excluding hydrogens is 141 g/mol. The van der Waals surface area contributed by atoms with Crippen LogP contribution in [0.2, 0.25) is 0 Å². The van der Waals surface area contributed by atoms with E-state index in [0.717, 1.165) is 12.8 Å². The van der Waals surface area contributed by atoms with Gasteiger partial charge in [0.1, 0.15) is 5.67 Å². The van der Waals surface area contributed by atoms with Gasteiger partial charge in [-0.25, -0.2) is 11.0 Å². The van der Waals surface area contributed by atoms with Crippen LogP contribution in [0.4, 0.5) is 4.39 Å². The predicted octanol–water partition coefficient (Wildman–Crippen LogP) is 2.82. The van der Waals surface area contributed by atoms with Gasteiger partial charge in [0, 0.05) is 5.92 Å². The molecule has 0 radical (unpaired) electrons. The van der Waals surface area contributed by atoms with E-state index in [0.29, 0.717) is 25.3 Å². The van der Waals surface area contributed by atoms with E-state index in [1.165, 1.54) is 0 Å². The quantitative estimate of drug-likeness (QED) is 0.513. The van der Waals surface area contributed by atoms with Crippen molar-refractivity contribution in [1.29, 1.82) is 0 Å². The average molecular weight is 155 g/mol. The molecule has 2 heteroatoms. The zero-order valence-electron chi connectivity index (χ0n) is 6.94. The summed E-state index contributed by atoms with van der Waals surface area (Å²) in [6, 6.07) is 0. The fourth-order valence-electron chi connectivity index (χ4n) is 1.59. The van der Waals surface area contributed by atoms with Crippen molar-refractivity contribution in [3.63, 3.8) is 0 Å². The van der Waals surface area contributed by atoms with Gasteiger partial charge in [-0.15, -0.1) is 0 Å². The van der Waals surface area contributed by atoms with Gasteiger partial charge in [0.25, 0.3) is 0 Å². The van der Waals surface area contributed by atoms with Crippen molar-refractivity contribution in [2.24, 2.45) is 5.92 Å². The van der Waals surface area contributed by atoms with Crippen molar-refractivity contribution in [3.8, 4) is 0 Å². The Labute approximate surface area is 67.4 Å². The molecule has 0 N–H and O–H groups in total. The fourth-order valence-corrected chi connectivity index (χ4v) is 1.59. The Bertz CT molecular complexity index is 159. The Kier molecular flexibility index (Phi) is 2.49. The van der Waals surface area contributed by atoms with E-state index in [1.807, 2.05) is 0 Å². The molecule has 0 aromatic carbocycles. The van der Waals surface area contributed by atoms with E-state index in [2.05, 4.69) is 4.85 Å². The molecule has 0 heterocycles. The number of nitrogens with zero attached hydrogens (tertiary/aromatic N) is 1. The van der Waals surface area contributed by atoms with Crippen LogP contribution in [0.25, 0.3) is 4.85 Å². The van der Waals surface area contributed by atoms with E-state index in [1.54, 1.807) is 6.92 Å². The molecule has 1 nitrogen and oxygen atoms in total. The van der Waals surface area contributed by atoms with Crippen molar-refractivity contribution >= 4 is 0 Å². The lowest BCUT2D eigenvalue weighted by Gasteiger charge is -2.28. The van der Waals surface area contributed by atoms with Crippen LogP contribution in [-0.2, 0) is 0 Å². The third-order valence-electron chi connectivity index (χ3n) is 2.50. The second kappa shape index (κ2) is 3.21. The first-order valence-corrected chi connectivity index (χ1v) is 4.16. The summed E-state index contributed by atoms with van der Waals surface area (Å²) in [7, 11) is 0. The molecule has 0 bridgehead atoms. The SMILES string of the molecule is [C-]#[N+]CC1CCC(C)(F)CC1.